The lowest BCUT2D eigenvalue weighted by molar-refractivity contribution is 0.141. The maximum atomic E-state index is 4.24. The van der Waals surface area contributed by atoms with Crippen LogP contribution < -0.4 is 5.32 Å². The molecule has 2 aliphatic rings. The molecule has 0 bridgehead atoms. The van der Waals surface area contributed by atoms with E-state index < -0.39 is 0 Å². The third-order valence-corrected chi connectivity index (χ3v) is 4.95. The molecule has 2 unspecified atom stereocenters. The van der Waals surface area contributed by atoms with E-state index in [-0.39, 0.29) is 0 Å². The van der Waals surface area contributed by atoms with Crippen molar-refractivity contribution in [2.45, 2.75) is 25.8 Å². The van der Waals surface area contributed by atoms with Gasteiger partial charge in [0.2, 0.25) is 0 Å². The first-order chi connectivity index (χ1) is 8.57. The summed E-state index contributed by atoms with van der Waals surface area (Å²) in [6.07, 6.45) is 5.24. The van der Waals surface area contributed by atoms with Gasteiger partial charge < -0.3 is 5.32 Å². The van der Waals surface area contributed by atoms with Crippen LogP contribution in [0.25, 0.3) is 0 Å². The molecule has 2 fully saturated rings. The number of hydrogen-bond acceptors (Lipinski definition) is 3. The summed E-state index contributed by atoms with van der Waals surface area (Å²) in [4.78, 5) is 2.68. The average Bonchev–Trinajstić information content (AvgIpc) is 2.96. The second-order valence-electron chi connectivity index (χ2n) is 6.40. The van der Waals surface area contributed by atoms with E-state index in [9.17, 15) is 0 Å². The Labute approximate surface area is 109 Å². The van der Waals surface area contributed by atoms with Gasteiger partial charge in [-0.05, 0) is 44.2 Å². The number of nitrogens with one attached hydrogen (secondary N) is 1. The number of fused-ring (bicyclic) bond motifs is 1. The van der Waals surface area contributed by atoms with Crippen molar-refractivity contribution in [2.24, 2.45) is 18.9 Å². The van der Waals surface area contributed by atoms with Crippen LogP contribution >= 0.6 is 0 Å². The summed E-state index contributed by atoms with van der Waals surface area (Å²) in [5.41, 5.74) is 1.69. The van der Waals surface area contributed by atoms with Gasteiger partial charge in [0.1, 0.15) is 0 Å². The van der Waals surface area contributed by atoms with Crippen LogP contribution in [-0.4, -0.2) is 46.4 Å². The maximum Gasteiger partial charge on any atom is 0.0522 e. The molecule has 18 heavy (non-hydrogen) atoms. The van der Waals surface area contributed by atoms with Crippen LogP contribution in [0.3, 0.4) is 0 Å². The first kappa shape index (κ1) is 12.2. The van der Waals surface area contributed by atoms with Gasteiger partial charge in [-0.25, -0.2) is 0 Å². The van der Waals surface area contributed by atoms with Crippen LogP contribution in [0.4, 0.5) is 0 Å². The largest absolute Gasteiger partial charge is 0.316 e. The van der Waals surface area contributed by atoms with Gasteiger partial charge >= 0.3 is 0 Å². The molecule has 0 spiro atoms. The molecule has 0 aromatic carbocycles. The van der Waals surface area contributed by atoms with Crippen molar-refractivity contribution < 1.29 is 0 Å². The topological polar surface area (TPSA) is 33.1 Å². The Morgan fingerprint density at radius 1 is 1.44 bits per heavy atom. The number of nitrogens with zero attached hydrogens (tertiary/aromatic N) is 3. The van der Waals surface area contributed by atoms with E-state index in [1.54, 1.807) is 0 Å². The molecule has 100 valence electrons. The lowest BCUT2D eigenvalue weighted by Gasteiger charge is -2.35. The smallest absolute Gasteiger partial charge is 0.0522 e. The van der Waals surface area contributed by atoms with E-state index in [0.29, 0.717) is 5.54 Å². The van der Waals surface area contributed by atoms with Gasteiger partial charge in [0.25, 0.3) is 0 Å². The Hall–Kier alpha value is -0.870. The van der Waals surface area contributed by atoms with E-state index in [4.69, 9.17) is 0 Å². The highest BCUT2D eigenvalue weighted by Gasteiger charge is 2.48. The van der Waals surface area contributed by atoms with Crippen LogP contribution in [0.2, 0.25) is 0 Å². The summed E-state index contributed by atoms with van der Waals surface area (Å²) < 4.78 is 1.89. The monoisotopic (exact) mass is 248 g/mol. The summed E-state index contributed by atoms with van der Waals surface area (Å²) in [5.74, 6) is 1.68. The van der Waals surface area contributed by atoms with Gasteiger partial charge in [0.15, 0.2) is 0 Å². The standard InChI is InChI=1S/C14H24N4/c1-14(2)13-8-15-7-12(13)10-18(14)5-4-11-6-16-17(3)9-11/h6,9,12-13,15H,4-5,7-8,10H2,1-3H3. The van der Waals surface area contributed by atoms with Crippen molar-refractivity contribution >= 4 is 0 Å². The normalized spacial score (nSPS) is 30.8. The van der Waals surface area contributed by atoms with Crippen molar-refractivity contribution in [1.29, 1.82) is 0 Å². The van der Waals surface area contributed by atoms with Crippen LogP contribution in [0.1, 0.15) is 19.4 Å². The van der Waals surface area contributed by atoms with E-state index >= 15 is 0 Å². The third kappa shape index (κ3) is 1.97. The molecule has 0 amide bonds. The van der Waals surface area contributed by atoms with Crippen molar-refractivity contribution in [3.05, 3.63) is 18.0 Å². The van der Waals surface area contributed by atoms with Gasteiger partial charge in [-0.2, -0.15) is 5.10 Å². The minimum atomic E-state index is 0.344. The molecule has 2 atom stereocenters. The lowest BCUT2D eigenvalue weighted by atomic mass is 9.85. The Morgan fingerprint density at radius 3 is 2.94 bits per heavy atom. The van der Waals surface area contributed by atoms with E-state index in [0.717, 1.165) is 24.8 Å². The second-order valence-corrected chi connectivity index (χ2v) is 6.40. The van der Waals surface area contributed by atoms with Gasteiger partial charge in [-0.3, -0.25) is 9.58 Å². The molecule has 0 radical (unpaired) electrons. The average molecular weight is 248 g/mol. The summed E-state index contributed by atoms with van der Waals surface area (Å²) in [7, 11) is 1.99. The number of rotatable bonds is 3. The van der Waals surface area contributed by atoms with Crippen LogP contribution in [0, 0.1) is 11.8 Å². The molecule has 0 saturated carbocycles. The highest BCUT2D eigenvalue weighted by atomic mass is 15.3. The third-order valence-electron chi connectivity index (χ3n) is 4.95. The van der Waals surface area contributed by atoms with Crippen molar-refractivity contribution in [1.82, 2.24) is 20.0 Å². The van der Waals surface area contributed by atoms with Gasteiger partial charge in [0.05, 0.1) is 6.20 Å². The van der Waals surface area contributed by atoms with Crippen molar-refractivity contribution in [3.63, 3.8) is 0 Å². The zero-order valence-electron chi connectivity index (χ0n) is 11.7. The summed E-state index contributed by atoms with van der Waals surface area (Å²) >= 11 is 0. The summed E-state index contributed by atoms with van der Waals surface area (Å²) in [6, 6.07) is 0. The van der Waals surface area contributed by atoms with Crippen LogP contribution in [0.5, 0.6) is 0 Å². The number of likely N-dealkylation sites (tertiary alicyclic amines) is 1. The quantitative estimate of drug-likeness (QED) is 0.862. The Morgan fingerprint density at radius 2 is 2.28 bits per heavy atom. The molecule has 0 aliphatic carbocycles. The maximum absolute atomic E-state index is 4.24. The SMILES string of the molecule is Cn1cc(CCN2CC3CNCC3C2(C)C)cn1. The van der Waals surface area contributed by atoms with Gasteiger partial charge in [-0.15, -0.1) is 0 Å². The van der Waals surface area contributed by atoms with Crippen LogP contribution in [-0.2, 0) is 13.5 Å². The van der Waals surface area contributed by atoms with Crippen LogP contribution in [0.15, 0.2) is 12.4 Å². The highest BCUT2D eigenvalue weighted by molar-refractivity contribution is 5.08. The fourth-order valence-electron chi connectivity index (χ4n) is 3.75. The minimum Gasteiger partial charge on any atom is -0.316 e. The number of aryl methyl sites for hydroxylation is 1. The fraction of sp³-hybridized carbons (Fsp3) is 0.786. The minimum absolute atomic E-state index is 0.344. The van der Waals surface area contributed by atoms with Gasteiger partial charge in [0, 0.05) is 38.4 Å². The molecule has 1 N–H and O–H groups in total. The molecule has 4 nitrogen and oxygen atoms in total. The molecule has 1 aromatic heterocycles. The van der Waals surface area contributed by atoms with Gasteiger partial charge in [-0.1, -0.05) is 0 Å². The number of aromatic nitrogens is 2. The Balaban J connectivity index is 1.63. The summed E-state index contributed by atoms with van der Waals surface area (Å²) in [6.45, 7) is 9.64. The Bertz CT molecular complexity index is 423. The molecule has 4 heteroatoms. The van der Waals surface area contributed by atoms with E-state index in [2.05, 4.69) is 35.4 Å². The molecule has 1 aromatic rings. The molecule has 3 heterocycles. The molecule has 3 rings (SSSR count). The second kappa shape index (κ2) is 4.35. The molecule has 2 saturated heterocycles. The van der Waals surface area contributed by atoms with Crippen molar-refractivity contribution in [2.75, 3.05) is 26.2 Å². The molecular weight excluding hydrogens is 224 g/mol. The summed E-state index contributed by atoms with van der Waals surface area (Å²) in [5, 5.41) is 7.78. The first-order valence-electron chi connectivity index (χ1n) is 7.00. The van der Waals surface area contributed by atoms with E-state index in [1.807, 2.05) is 17.9 Å². The predicted octanol–water partition coefficient (Wildman–Crippen LogP) is 0.892. The van der Waals surface area contributed by atoms with E-state index in [1.165, 1.54) is 25.2 Å². The first-order valence-corrected chi connectivity index (χ1v) is 7.00. The molecule has 2 aliphatic heterocycles. The van der Waals surface area contributed by atoms with Crippen molar-refractivity contribution in [3.8, 4) is 0 Å². The molecular formula is C14H24N4. The highest BCUT2D eigenvalue weighted by Crippen LogP contribution is 2.40. The zero-order chi connectivity index (χ0) is 12.8. The fourth-order valence-corrected chi connectivity index (χ4v) is 3.75. The Kier molecular flexibility index (Phi) is 2.94. The predicted molar refractivity (Wildman–Crippen MR) is 72.4 cm³/mol. The number of hydrogen-bond donors (Lipinski definition) is 1. The lowest BCUT2D eigenvalue weighted by Crippen LogP contribution is -2.45. The zero-order valence-corrected chi connectivity index (χ0v) is 11.7.